The van der Waals surface area contributed by atoms with Crippen molar-refractivity contribution in [2.24, 2.45) is 7.05 Å². The second-order valence-corrected chi connectivity index (χ2v) is 6.33. The summed E-state index contributed by atoms with van der Waals surface area (Å²) in [7, 11) is 6.13. The van der Waals surface area contributed by atoms with Crippen LogP contribution in [0.15, 0.2) is 24.5 Å². The maximum Gasteiger partial charge on any atom is 0.122 e. The van der Waals surface area contributed by atoms with E-state index in [9.17, 15) is 0 Å². The van der Waals surface area contributed by atoms with Gasteiger partial charge in [-0.15, -0.1) is 0 Å². The second kappa shape index (κ2) is 6.68. The minimum atomic E-state index is 0.0163. The molecule has 0 saturated carbocycles. The van der Waals surface area contributed by atoms with Gasteiger partial charge in [0.25, 0.3) is 0 Å². The molecule has 23 heavy (non-hydrogen) atoms. The van der Waals surface area contributed by atoms with Crippen molar-refractivity contribution >= 4 is 5.69 Å². The molecule has 6 nitrogen and oxygen atoms in total. The number of morpholine rings is 1. The molecule has 1 aliphatic rings. The van der Waals surface area contributed by atoms with E-state index in [1.807, 2.05) is 40.5 Å². The standard InChI is InChI=1S/C17H25N5O/c1-13-9-14(20(2)3)10-15(19-13)16-11-22(7-8-23-16)12-17-18-5-6-21(17)4/h5-6,9-10,16H,7-8,11-12H2,1-4H3/t16-/m1/s1. The molecule has 2 aromatic rings. The van der Waals surface area contributed by atoms with E-state index in [1.165, 1.54) is 0 Å². The zero-order chi connectivity index (χ0) is 16.4. The number of aromatic nitrogens is 3. The van der Waals surface area contributed by atoms with E-state index >= 15 is 0 Å². The first-order valence-electron chi connectivity index (χ1n) is 7.99. The number of aryl methyl sites for hydroxylation is 2. The lowest BCUT2D eigenvalue weighted by Crippen LogP contribution is -2.38. The molecule has 1 fully saturated rings. The van der Waals surface area contributed by atoms with Gasteiger partial charge in [-0.05, 0) is 19.1 Å². The van der Waals surface area contributed by atoms with Crippen molar-refractivity contribution in [3.63, 3.8) is 0 Å². The van der Waals surface area contributed by atoms with Crippen molar-refractivity contribution in [3.05, 3.63) is 41.7 Å². The van der Waals surface area contributed by atoms with Crippen LogP contribution in [0.2, 0.25) is 0 Å². The van der Waals surface area contributed by atoms with E-state index in [0.29, 0.717) is 0 Å². The van der Waals surface area contributed by atoms with Crippen LogP contribution < -0.4 is 4.90 Å². The molecule has 1 atom stereocenters. The van der Waals surface area contributed by atoms with E-state index in [1.54, 1.807) is 0 Å². The van der Waals surface area contributed by atoms with Crippen molar-refractivity contribution in [2.75, 3.05) is 38.7 Å². The average molecular weight is 315 g/mol. The second-order valence-electron chi connectivity index (χ2n) is 6.33. The number of nitrogens with zero attached hydrogens (tertiary/aromatic N) is 5. The first kappa shape index (κ1) is 16.0. The number of pyridine rings is 1. The van der Waals surface area contributed by atoms with Gasteiger partial charge in [-0.25, -0.2) is 4.98 Å². The van der Waals surface area contributed by atoms with Crippen LogP contribution in [0.3, 0.4) is 0 Å². The third-order valence-electron chi connectivity index (χ3n) is 4.24. The van der Waals surface area contributed by atoms with E-state index in [0.717, 1.165) is 49.1 Å². The van der Waals surface area contributed by atoms with Crippen LogP contribution in [0, 0.1) is 6.92 Å². The number of ether oxygens (including phenoxy) is 1. The van der Waals surface area contributed by atoms with Gasteiger partial charge in [0.05, 0.1) is 18.8 Å². The highest BCUT2D eigenvalue weighted by atomic mass is 16.5. The molecule has 0 unspecified atom stereocenters. The Morgan fingerprint density at radius 3 is 2.87 bits per heavy atom. The summed E-state index contributed by atoms with van der Waals surface area (Å²) in [6.07, 6.45) is 3.85. The fourth-order valence-corrected chi connectivity index (χ4v) is 2.87. The van der Waals surface area contributed by atoms with Gasteiger partial charge < -0.3 is 14.2 Å². The lowest BCUT2D eigenvalue weighted by atomic mass is 10.1. The Balaban J connectivity index is 1.74. The summed E-state index contributed by atoms with van der Waals surface area (Å²) in [6, 6.07) is 4.22. The van der Waals surface area contributed by atoms with Gasteiger partial charge in [-0.2, -0.15) is 0 Å². The van der Waals surface area contributed by atoms with Crippen LogP contribution in [-0.4, -0.2) is 53.2 Å². The van der Waals surface area contributed by atoms with Gasteiger partial charge in [0.15, 0.2) is 0 Å². The van der Waals surface area contributed by atoms with Crippen LogP contribution in [-0.2, 0) is 18.3 Å². The highest BCUT2D eigenvalue weighted by molar-refractivity contribution is 5.47. The Bertz CT molecular complexity index is 667. The van der Waals surface area contributed by atoms with Crippen molar-refractivity contribution < 1.29 is 4.74 Å². The number of hydrogen-bond acceptors (Lipinski definition) is 5. The Kier molecular flexibility index (Phi) is 4.63. The van der Waals surface area contributed by atoms with Gasteiger partial charge in [0, 0.05) is 58.0 Å². The summed E-state index contributed by atoms with van der Waals surface area (Å²) >= 11 is 0. The number of rotatable bonds is 4. The molecule has 3 heterocycles. The molecule has 0 spiro atoms. The molecule has 1 aliphatic heterocycles. The summed E-state index contributed by atoms with van der Waals surface area (Å²) < 4.78 is 8.05. The number of anilines is 1. The molecule has 1 saturated heterocycles. The van der Waals surface area contributed by atoms with Gasteiger partial charge in [0.1, 0.15) is 11.9 Å². The van der Waals surface area contributed by atoms with Crippen molar-refractivity contribution in [2.45, 2.75) is 19.6 Å². The summed E-state index contributed by atoms with van der Waals surface area (Å²) in [6.45, 7) is 5.37. The predicted octanol–water partition coefficient (Wildman–Crippen LogP) is 1.76. The minimum Gasteiger partial charge on any atom is -0.378 e. The van der Waals surface area contributed by atoms with Gasteiger partial charge in [-0.1, -0.05) is 0 Å². The van der Waals surface area contributed by atoms with Crippen molar-refractivity contribution in [3.8, 4) is 0 Å². The summed E-state index contributed by atoms with van der Waals surface area (Å²) in [5, 5.41) is 0. The molecule has 3 rings (SSSR count). The SMILES string of the molecule is Cc1cc(N(C)C)cc([C@H]2CN(Cc3nccn3C)CCO2)n1. The highest BCUT2D eigenvalue weighted by Crippen LogP contribution is 2.25. The smallest absolute Gasteiger partial charge is 0.122 e. The van der Waals surface area contributed by atoms with Crippen LogP contribution in [0.5, 0.6) is 0 Å². The van der Waals surface area contributed by atoms with Gasteiger partial charge in [0.2, 0.25) is 0 Å². The van der Waals surface area contributed by atoms with E-state index in [4.69, 9.17) is 4.74 Å². The van der Waals surface area contributed by atoms with Crippen molar-refractivity contribution in [1.29, 1.82) is 0 Å². The quantitative estimate of drug-likeness (QED) is 0.860. The lowest BCUT2D eigenvalue weighted by Gasteiger charge is -2.32. The normalized spacial score (nSPS) is 19.0. The fourth-order valence-electron chi connectivity index (χ4n) is 2.87. The highest BCUT2D eigenvalue weighted by Gasteiger charge is 2.24. The Morgan fingerprint density at radius 1 is 1.35 bits per heavy atom. The first-order valence-corrected chi connectivity index (χ1v) is 7.99. The lowest BCUT2D eigenvalue weighted by molar-refractivity contribution is -0.0359. The average Bonchev–Trinajstić information content (AvgIpc) is 2.92. The van der Waals surface area contributed by atoms with Crippen LogP contribution in [0.4, 0.5) is 5.69 Å². The van der Waals surface area contributed by atoms with E-state index in [2.05, 4.69) is 36.5 Å². The zero-order valence-corrected chi connectivity index (χ0v) is 14.4. The predicted molar refractivity (Wildman–Crippen MR) is 90.5 cm³/mol. The number of imidazole rings is 1. The topological polar surface area (TPSA) is 46.4 Å². The Morgan fingerprint density at radius 2 is 2.17 bits per heavy atom. The third kappa shape index (κ3) is 3.71. The largest absolute Gasteiger partial charge is 0.378 e. The third-order valence-corrected chi connectivity index (χ3v) is 4.24. The summed E-state index contributed by atoms with van der Waals surface area (Å²) in [5.74, 6) is 1.08. The monoisotopic (exact) mass is 315 g/mol. The maximum absolute atomic E-state index is 5.98. The molecule has 0 bridgehead atoms. The summed E-state index contributed by atoms with van der Waals surface area (Å²) in [5.41, 5.74) is 3.20. The molecule has 6 heteroatoms. The number of hydrogen-bond donors (Lipinski definition) is 0. The van der Waals surface area contributed by atoms with E-state index < -0.39 is 0 Å². The molecule has 124 valence electrons. The van der Waals surface area contributed by atoms with Crippen LogP contribution >= 0.6 is 0 Å². The maximum atomic E-state index is 5.98. The first-order chi connectivity index (χ1) is 11.0. The van der Waals surface area contributed by atoms with Crippen molar-refractivity contribution in [1.82, 2.24) is 19.4 Å². The van der Waals surface area contributed by atoms with Gasteiger partial charge in [-0.3, -0.25) is 9.88 Å². The molecular formula is C17H25N5O. The fraction of sp³-hybridized carbons (Fsp3) is 0.529. The minimum absolute atomic E-state index is 0.0163. The molecular weight excluding hydrogens is 290 g/mol. The molecule has 0 radical (unpaired) electrons. The Hall–Kier alpha value is -1.92. The molecule has 0 aliphatic carbocycles. The van der Waals surface area contributed by atoms with Crippen LogP contribution in [0.25, 0.3) is 0 Å². The van der Waals surface area contributed by atoms with Gasteiger partial charge >= 0.3 is 0 Å². The summed E-state index contributed by atoms with van der Waals surface area (Å²) in [4.78, 5) is 13.6. The molecule has 0 amide bonds. The zero-order valence-electron chi connectivity index (χ0n) is 14.4. The molecule has 2 aromatic heterocycles. The molecule has 0 aromatic carbocycles. The Labute approximate surface area is 137 Å². The van der Waals surface area contributed by atoms with Crippen LogP contribution in [0.1, 0.15) is 23.3 Å². The molecule has 0 N–H and O–H groups in total. The van der Waals surface area contributed by atoms with E-state index in [-0.39, 0.29) is 6.10 Å².